The Labute approximate surface area is 177 Å². The first-order chi connectivity index (χ1) is 14.5. The van der Waals surface area contributed by atoms with Crippen molar-refractivity contribution in [1.29, 1.82) is 0 Å². The number of nitrogens with zero attached hydrogens (tertiary/aromatic N) is 2. The molecule has 0 bridgehead atoms. The Bertz CT molecular complexity index is 1010. The summed E-state index contributed by atoms with van der Waals surface area (Å²) in [5.74, 6) is -0.405. The summed E-state index contributed by atoms with van der Waals surface area (Å²) in [7, 11) is 3.14. The van der Waals surface area contributed by atoms with Crippen LogP contribution < -0.4 is 14.8 Å². The van der Waals surface area contributed by atoms with E-state index in [0.717, 1.165) is 10.5 Å². The molecule has 0 spiro atoms. The number of anilines is 1. The van der Waals surface area contributed by atoms with Crippen LogP contribution in [-0.4, -0.2) is 48.4 Å². The SMILES string of the molecule is COc1ccc(OC)c(-c2csc(NC(=O)CN3C(=O)C4CC=CCC4C3=O)n2)c1. The molecule has 1 N–H and O–H groups in total. The molecule has 9 heteroatoms. The minimum atomic E-state index is -0.457. The average molecular weight is 427 g/mol. The summed E-state index contributed by atoms with van der Waals surface area (Å²) in [6.07, 6.45) is 4.93. The van der Waals surface area contributed by atoms with Gasteiger partial charge in [0.2, 0.25) is 17.7 Å². The van der Waals surface area contributed by atoms with Crippen LogP contribution in [0.1, 0.15) is 12.8 Å². The van der Waals surface area contributed by atoms with Gasteiger partial charge in [0.05, 0.1) is 31.7 Å². The number of fused-ring (bicyclic) bond motifs is 1. The fourth-order valence-electron chi connectivity index (χ4n) is 3.80. The van der Waals surface area contributed by atoms with E-state index in [9.17, 15) is 14.4 Å². The van der Waals surface area contributed by atoms with Gasteiger partial charge in [-0.25, -0.2) is 4.98 Å². The zero-order valence-corrected chi connectivity index (χ0v) is 17.4. The number of benzene rings is 1. The zero-order chi connectivity index (χ0) is 21.3. The Balaban J connectivity index is 1.45. The molecule has 1 aromatic heterocycles. The van der Waals surface area contributed by atoms with Crippen molar-refractivity contribution < 1.29 is 23.9 Å². The number of ether oxygens (including phenoxy) is 2. The summed E-state index contributed by atoms with van der Waals surface area (Å²) in [6, 6.07) is 5.37. The molecule has 1 aliphatic heterocycles. The van der Waals surface area contributed by atoms with E-state index in [1.807, 2.05) is 12.2 Å². The molecule has 2 aliphatic rings. The highest BCUT2D eigenvalue weighted by Crippen LogP contribution is 2.36. The van der Waals surface area contributed by atoms with Crippen molar-refractivity contribution in [2.24, 2.45) is 11.8 Å². The monoisotopic (exact) mass is 427 g/mol. The van der Waals surface area contributed by atoms with Crippen LogP contribution in [0.5, 0.6) is 11.5 Å². The van der Waals surface area contributed by atoms with Gasteiger partial charge in [-0.1, -0.05) is 12.2 Å². The summed E-state index contributed by atoms with van der Waals surface area (Å²) in [4.78, 5) is 43.0. The number of hydrogen-bond acceptors (Lipinski definition) is 7. The van der Waals surface area contributed by atoms with Crippen molar-refractivity contribution in [3.05, 3.63) is 35.7 Å². The van der Waals surface area contributed by atoms with Crippen LogP contribution in [0.3, 0.4) is 0 Å². The first-order valence-corrected chi connectivity index (χ1v) is 10.4. The summed E-state index contributed by atoms with van der Waals surface area (Å²) in [5, 5.41) is 4.85. The third kappa shape index (κ3) is 3.68. The molecule has 1 fully saturated rings. The normalized spacial score (nSPS) is 20.3. The molecule has 0 radical (unpaired) electrons. The van der Waals surface area contributed by atoms with E-state index >= 15 is 0 Å². The van der Waals surface area contributed by atoms with Gasteiger partial charge < -0.3 is 14.8 Å². The lowest BCUT2D eigenvalue weighted by atomic mass is 9.85. The quantitative estimate of drug-likeness (QED) is 0.562. The van der Waals surface area contributed by atoms with E-state index in [4.69, 9.17) is 9.47 Å². The maximum Gasteiger partial charge on any atom is 0.246 e. The molecular formula is C21H21N3O5S. The molecule has 1 aromatic carbocycles. The molecule has 3 amide bonds. The maximum absolute atomic E-state index is 12.5. The fourth-order valence-corrected chi connectivity index (χ4v) is 4.52. The Kier molecular flexibility index (Phi) is 5.54. The maximum atomic E-state index is 12.5. The number of likely N-dealkylation sites (tertiary alicyclic amines) is 1. The number of methoxy groups -OCH3 is 2. The molecule has 8 nitrogen and oxygen atoms in total. The largest absolute Gasteiger partial charge is 0.497 e. The molecule has 30 heavy (non-hydrogen) atoms. The van der Waals surface area contributed by atoms with Crippen molar-refractivity contribution in [3.63, 3.8) is 0 Å². The van der Waals surface area contributed by atoms with Gasteiger partial charge in [0, 0.05) is 10.9 Å². The molecule has 2 unspecified atom stereocenters. The molecule has 2 heterocycles. The van der Waals surface area contributed by atoms with Gasteiger partial charge in [-0.3, -0.25) is 19.3 Å². The van der Waals surface area contributed by atoms with Gasteiger partial charge in [-0.15, -0.1) is 11.3 Å². The first kappa shape index (κ1) is 20.1. The van der Waals surface area contributed by atoms with Crippen molar-refractivity contribution in [2.75, 3.05) is 26.1 Å². The number of allylic oxidation sites excluding steroid dienone is 2. The van der Waals surface area contributed by atoms with E-state index in [-0.39, 0.29) is 30.2 Å². The van der Waals surface area contributed by atoms with Gasteiger partial charge in [0.15, 0.2) is 5.13 Å². The molecule has 1 saturated heterocycles. The van der Waals surface area contributed by atoms with Crippen molar-refractivity contribution in [2.45, 2.75) is 12.8 Å². The van der Waals surface area contributed by atoms with Crippen LogP contribution in [0.15, 0.2) is 35.7 Å². The lowest BCUT2D eigenvalue weighted by molar-refractivity contribution is -0.142. The van der Waals surface area contributed by atoms with E-state index < -0.39 is 5.91 Å². The predicted molar refractivity (Wildman–Crippen MR) is 111 cm³/mol. The summed E-state index contributed by atoms with van der Waals surface area (Å²) in [5.41, 5.74) is 1.35. The molecule has 2 atom stereocenters. The number of thiazole rings is 1. The standard InChI is InChI=1S/C21H21N3O5S/c1-28-12-7-8-17(29-2)15(9-12)16-11-30-21(22-16)23-18(25)10-24-19(26)13-5-3-4-6-14(13)20(24)27/h3-4,7-9,11,13-14H,5-6,10H2,1-2H3,(H,22,23,25). The molecule has 4 rings (SSSR count). The average Bonchev–Trinajstić information content (AvgIpc) is 3.32. The fraction of sp³-hybridized carbons (Fsp3) is 0.333. The van der Waals surface area contributed by atoms with E-state index in [1.54, 1.807) is 37.8 Å². The highest BCUT2D eigenvalue weighted by Gasteiger charge is 2.47. The minimum Gasteiger partial charge on any atom is -0.497 e. The Morgan fingerprint density at radius 3 is 2.50 bits per heavy atom. The highest BCUT2D eigenvalue weighted by molar-refractivity contribution is 7.14. The number of imide groups is 1. The van der Waals surface area contributed by atoms with Gasteiger partial charge in [0.25, 0.3) is 0 Å². The smallest absolute Gasteiger partial charge is 0.246 e. The van der Waals surface area contributed by atoms with Gasteiger partial charge in [-0.2, -0.15) is 0 Å². The summed E-state index contributed by atoms with van der Waals surface area (Å²) >= 11 is 1.25. The second kappa shape index (κ2) is 8.27. The molecule has 156 valence electrons. The van der Waals surface area contributed by atoms with Crippen LogP contribution in [0.4, 0.5) is 5.13 Å². The van der Waals surface area contributed by atoms with Crippen molar-refractivity contribution in [1.82, 2.24) is 9.88 Å². The lowest BCUT2D eigenvalue weighted by Gasteiger charge is -2.14. The predicted octanol–water partition coefficient (Wildman–Crippen LogP) is 2.72. The zero-order valence-electron chi connectivity index (χ0n) is 16.6. The van der Waals surface area contributed by atoms with E-state index in [0.29, 0.717) is 35.2 Å². The first-order valence-electron chi connectivity index (χ1n) is 9.49. The number of aromatic nitrogens is 1. The minimum absolute atomic E-state index is 0.273. The van der Waals surface area contributed by atoms with Gasteiger partial charge >= 0.3 is 0 Å². The molecule has 1 aliphatic carbocycles. The van der Waals surface area contributed by atoms with Crippen LogP contribution in [0, 0.1) is 11.8 Å². The van der Waals surface area contributed by atoms with Gasteiger partial charge in [-0.05, 0) is 31.0 Å². The van der Waals surface area contributed by atoms with E-state index in [2.05, 4.69) is 10.3 Å². The molecule has 2 aromatic rings. The Morgan fingerprint density at radius 1 is 1.17 bits per heavy atom. The van der Waals surface area contributed by atoms with Crippen molar-refractivity contribution >= 4 is 34.2 Å². The van der Waals surface area contributed by atoms with Crippen LogP contribution in [-0.2, 0) is 14.4 Å². The molecule has 0 saturated carbocycles. The summed E-state index contributed by atoms with van der Waals surface area (Å²) < 4.78 is 10.6. The number of rotatable bonds is 6. The Hall–Kier alpha value is -3.20. The number of nitrogens with one attached hydrogen (secondary N) is 1. The van der Waals surface area contributed by atoms with Crippen LogP contribution >= 0.6 is 11.3 Å². The highest BCUT2D eigenvalue weighted by atomic mass is 32.1. The lowest BCUT2D eigenvalue weighted by Crippen LogP contribution is -2.38. The number of hydrogen-bond donors (Lipinski definition) is 1. The summed E-state index contributed by atoms with van der Waals surface area (Å²) in [6.45, 7) is -0.304. The van der Waals surface area contributed by atoms with Crippen molar-refractivity contribution in [3.8, 4) is 22.8 Å². The molecular weight excluding hydrogens is 406 g/mol. The number of amides is 3. The number of carbonyl (C=O) groups is 3. The van der Waals surface area contributed by atoms with Crippen LogP contribution in [0.2, 0.25) is 0 Å². The Morgan fingerprint density at radius 2 is 1.87 bits per heavy atom. The topological polar surface area (TPSA) is 97.8 Å². The van der Waals surface area contributed by atoms with Crippen LogP contribution in [0.25, 0.3) is 11.3 Å². The second-order valence-electron chi connectivity index (χ2n) is 7.07. The second-order valence-corrected chi connectivity index (χ2v) is 7.93. The van der Waals surface area contributed by atoms with Gasteiger partial charge in [0.1, 0.15) is 18.0 Å². The third-order valence-electron chi connectivity index (χ3n) is 5.33. The van der Waals surface area contributed by atoms with E-state index in [1.165, 1.54) is 11.3 Å². The third-order valence-corrected chi connectivity index (χ3v) is 6.09. The number of carbonyl (C=O) groups excluding carboxylic acids is 3.